The van der Waals surface area contributed by atoms with Crippen LogP contribution in [0.1, 0.15) is 12.6 Å². The van der Waals surface area contributed by atoms with Gasteiger partial charge in [-0.3, -0.25) is 4.79 Å². The van der Waals surface area contributed by atoms with Crippen LogP contribution < -0.4 is 0 Å². The summed E-state index contributed by atoms with van der Waals surface area (Å²) in [7, 11) is 0. The lowest BCUT2D eigenvalue weighted by Gasteiger charge is -2.18. The number of imidazole rings is 1. The fraction of sp³-hybridized carbons (Fsp3) is 0.385. The van der Waals surface area contributed by atoms with E-state index in [0.29, 0.717) is 24.4 Å². The van der Waals surface area contributed by atoms with E-state index in [1.165, 1.54) is 12.3 Å². The molecule has 2 heterocycles. The first-order valence-corrected chi connectivity index (χ1v) is 6.15. The number of likely N-dealkylation sites (N-methyl/N-ethyl adjacent to an activating group) is 1. The SMILES string of the molecule is CCN(CCO)C(=O)Cc1cn2cc(F)ccc2n1. The molecule has 1 amide bonds. The van der Waals surface area contributed by atoms with Crippen molar-refractivity contribution in [1.29, 1.82) is 0 Å². The molecule has 0 aliphatic rings. The maximum Gasteiger partial charge on any atom is 0.228 e. The van der Waals surface area contributed by atoms with E-state index >= 15 is 0 Å². The van der Waals surface area contributed by atoms with Gasteiger partial charge in [-0.2, -0.15) is 0 Å². The van der Waals surface area contributed by atoms with Crippen LogP contribution in [0.5, 0.6) is 0 Å². The number of aliphatic hydroxyl groups is 1. The van der Waals surface area contributed by atoms with E-state index < -0.39 is 0 Å². The highest BCUT2D eigenvalue weighted by atomic mass is 19.1. The molecule has 0 spiro atoms. The van der Waals surface area contributed by atoms with Crippen LogP contribution >= 0.6 is 0 Å². The van der Waals surface area contributed by atoms with Crippen molar-refractivity contribution < 1.29 is 14.3 Å². The second-order valence-electron chi connectivity index (χ2n) is 4.22. The number of pyridine rings is 1. The lowest BCUT2D eigenvalue weighted by molar-refractivity contribution is -0.130. The molecule has 2 rings (SSSR count). The van der Waals surface area contributed by atoms with Gasteiger partial charge in [0, 0.05) is 25.5 Å². The van der Waals surface area contributed by atoms with Crippen molar-refractivity contribution in [2.24, 2.45) is 0 Å². The molecular weight excluding hydrogens is 249 g/mol. The first kappa shape index (κ1) is 13.5. The van der Waals surface area contributed by atoms with Gasteiger partial charge in [0.2, 0.25) is 5.91 Å². The number of hydrogen-bond acceptors (Lipinski definition) is 3. The summed E-state index contributed by atoms with van der Waals surface area (Å²) in [5.74, 6) is -0.446. The van der Waals surface area contributed by atoms with E-state index in [9.17, 15) is 9.18 Å². The van der Waals surface area contributed by atoms with Crippen molar-refractivity contribution in [2.75, 3.05) is 19.7 Å². The van der Waals surface area contributed by atoms with Gasteiger partial charge in [0.15, 0.2) is 0 Å². The number of fused-ring (bicyclic) bond motifs is 1. The Morgan fingerprint density at radius 2 is 2.26 bits per heavy atom. The van der Waals surface area contributed by atoms with Crippen molar-refractivity contribution >= 4 is 11.6 Å². The summed E-state index contributed by atoms with van der Waals surface area (Å²) in [6.07, 6.45) is 3.11. The third-order valence-corrected chi connectivity index (χ3v) is 2.90. The Hall–Kier alpha value is -1.95. The number of aliphatic hydroxyl groups excluding tert-OH is 1. The molecule has 0 radical (unpaired) electrons. The average molecular weight is 265 g/mol. The van der Waals surface area contributed by atoms with Crippen LogP contribution in [0.2, 0.25) is 0 Å². The van der Waals surface area contributed by atoms with Gasteiger partial charge in [-0.25, -0.2) is 9.37 Å². The smallest absolute Gasteiger partial charge is 0.228 e. The van der Waals surface area contributed by atoms with Crippen molar-refractivity contribution in [1.82, 2.24) is 14.3 Å². The minimum absolute atomic E-state index is 0.0596. The maximum absolute atomic E-state index is 13.0. The van der Waals surface area contributed by atoms with Gasteiger partial charge < -0.3 is 14.4 Å². The highest BCUT2D eigenvalue weighted by Crippen LogP contribution is 2.08. The third kappa shape index (κ3) is 3.08. The van der Waals surface area contributed by atoms with Crippen LogP contribution in [0.3, 0.4) is 0 Å². The summed E-state index contributed by atoms with van der Waals surface area (Å²) < 4.78 is 14.6. The lowest BCUT2D eigenvalue weighted by atomic mass is 10.3. The normalized spacial score (nSPS) is 10.9. The van der Waals surface area contributed by atoms with Crippen molar-refractivity contribution in [3.05, 3.63) is 36.0 Å². The summed E-state index contributed by atoms with van der Waals surface area (Å²) in [6.45, 7) is 2.65. The van der Waals surface area contributed by atoms with Gasteiger partial charge in [-0.15, -0.1) is 0 Å². The van der Waals surface area contributed by atoms with E-state index in [2.05, 4.69) is 4.98 Å². The summed E-state index contributed by atoms with van der Waals surface area (Å²) >= 11 is 0. The van der Waals surface area contributed by atoms with Gasteiger partial charge >= 0.3 is 0 Å². The summed E-state index contributed by atoms with van der Waals surface area (Å²) in [4.78, 5) is 17.8. The van der Waals surface area contributed by atoms with Crippen LogP contribution in [-0.4, -0.2) is 45.0 Å². The summed E-state index contributed by atoms with van der Waals surface area (Å²) in [5, 5.41) is 8.87. The molecule has 0 unspecified atom stereocenters. The largest absolute Gasteiger partial charge is 0.395 e. The van der Waals surface area contributed by atoms with Gasteiger partial charge in [-0.05, 0) is 19.1 Å². The average Bonchev–Trinajstić information content (AvgIpc) is 2.76. The van der Waals surface area contributed by atoms with Gasteiger partial charge in [0.05, 0.1) is 18.7 Å². The zero-order valence-corrected chi connectivity index (χ0v) is 10.7. The Labute approximate surface area is 110 Å². The van der Waals surface area contributed by atoms with E-state index in [4.69, 9.17) is 5.11 Å². The molecule has 0 aromatic carbocycles. The molecule has 5 nitrogen and oxygen atoms in total. The maximum atomic E-state index is 13.0. The molecule has 0 aliphatic heterocycles. The second-order valence-corrected chi connectivity index (χ2v) is 4.22. The topological polar surface area (TPSA) is 57.8 Å². The van der Waals surface area contributed by atoms with Gasteiger partial charge in [0.1, 0.15) is 11.5 Å². The first-order chi connectivity index (χ1) is 9.13. The van der Waals surface area contributed by atoms with Crippen LogP contribution in [0.25, 0.3) is 5.65 Å². The van der Waals surface area contributed by atoms with Crippen molar-refractivity contribution in [2.45, 2.75) is 13.3 Å². The minimum atomic E-state index is -0.349. The zero-order valence-electron chi connectivity index (χ0n) is 10.7. The number of halogens is 1. The molecule has 0 saturated carbocycles. The van der Waals surface area contributed by atoms with Crippen LogP contribution in [0, 0.1) is 5.82 Å². The molecule has 2 aromatic heterocycles. The molecule has 1 N–H and O–H groups in total. The first-order valence-electron chi connectivity index (χ1n) is 6.15. The van der Waals surface area contributed by atoms with E-state index in [0.717, 1.165) is 0 Å². The van der Waals surface area contributed by atoms with Crippen molar-refractivity contribution in [3.63, 3.8) is 0 Å². The fourth-order valence-corrected chi connectivity index (χ4v) is 1.95. The molecule has 102 valence electrons. The lowest BCUT2D eigenvalue weighted by Crippen LogP contribution is -2.34. The van der Waals surface area contributed by atoms with Gasteiger partial charge in [-0.1, -0.05) is 0 Å². The van der Waals surface area contributed by atoms with E-state index in [1.54, 1.807) is 21.6 Å². The Kier molecular flexibility index (Phi) is 4.11. The quantitative estimate of drug-likeness (QED) is 0.872. The zero-order chi connectivity index (χ0) is 13.8. The fourth-order valence-electron chi connectivity index (χ4n) is 1.95. The number of rotatable bonds is 5. The standard InChI is InChI=1S/C13H16FN3O2/c1-2-16(5-6-18)13(19)7-11-9-17-8-10(14)3-4-12(17)15-11/h3-4,8-9,18H,2,5-7H2,1H3. The molecular formula is C13H16FN3O2. The molecule has 0 fully saturated rings. The minimum Gasteiger partial charge on any atom is -0.395 e. The predicted molar refractivity (Wildman–Crippen MR) is 68.2 cm³/mol. The Bertz CT molecular complexity index is 582. The highest BCUT2D eigenvalue weighted by Gasteiger charge is 2.13. The number of carbonyl (C=O) groups excluding carboxylic acids is 1. The van der Waals surface area contributed by atoms with E-state index in [-0.39, 0.29) is 24.8 Å². The molecule has 6 heteroatoms. The molecule has 0 atom stereocenters. The Morgan fingerprint density at radius 1 is 1.47 bits per heavy atom. The highest BCUT2D eigenvalue weighted by molar-refractivity contribution is 5.78. The summed E-state index contributed by atoms with van der Waals surface area (Å²) in [6, 6.07) is 2.90. The summed E-state index contributed by atoms with van der Waals surface area (Å²) in [5.41, 5.74) is 1.20. The number of hydrogen-bond donors (Lipinski definition) is 1. The Morgan fingerprint density at radius 3 is 2.95 bits per heavy atom. The monoisotopic (exact) mass is 265 g/mol. The number of carbonyl (C=O) groups is 1. The Balaban J connectivity index is 2.14. The third-order valence-electron chi connectivity index (χ3n) is 2.90. The van der Waals surface area contributed by atoms with Crippen LogP contribution in [-0.2, 0) is 11.2 Å². The van der Waals surface area contributed by atoms with Gasteiger partial charge in [0.25, 0.3) is 0 Å². The van der Waals surface area contributed by atoms with E-state index in [1.807, 2.05) is 6.92 Å². The van der Waals surface area contributed by atoms with Crippen LogP contribution in [0.4, 0.5) is 4.39 Å². The molecule has 0 bridgehead atoms. The number of amides is 1. The van der Waals surface area contributed by atoms with Crippen molar-refractivity contribution in [3.8, 4) is 0 Å². The predicted octanol–water partition coefficient (Wildman–Crippen LogP) is 0.857. The molecule has 0 saturated heterocycles. The number of aromatic nitrogens is 2. The molecule has 0 aliphatic carbocycles. The molecule has 19 heavy (non-hydrogen) atoms. The number of nitrogens with zero attached hydrogens (tertiary/aromatic N) is 3. The van der Waals surface area contributed by atoms with Crippen LogP contribution in [0.15, 0.2) is 24.5 Å². The second kappa shape index (κ2) is 5.79. The molecule has 2 aromatic rings.